The molecule has 5 rings (SSSR count). The Labute approximate surface area is 140 Å². The predicted octanol–water partition coefficient (Wildman–Crippen LogP) is 2.19. The van der Waals surface area contributed by atoms with E-state index < -0.39 is 0 Å². The first-order valence-electron chi connectivity index (χ1n) is 8.40. The lowest BCUT2D eigenvalue weighted by atomic mass is 9.91. The number of aliphatic imine (C=N–C) groups is 1. The molecule has 2 aromatic rings. The van der Waals surface area contributed by atoms with Crippen molar-refractivity contribution in [2.75, 3.05) is 13.1 Å². The molecule has 0 radical (unpaired) electrons. The number of hydrogen-bond donors (Lipinski definition) is 3. The molecule has 2 aromatic heterocycles. The Morgan fingerprint density at radius 3 is 3.00 bits per heavy atom. The molecule has 0 aromatic carbocycles. The van der Waals surface area contributed by atoms with E-state index in [0.29, 0.717) is 5.92 Å². The number of nitrogens with zero attached hydrogens (tertiary/aromatic N) is 3. The monoisotopic (exact) mass is 324 g/mol. The second kappa shape index (κ2) is 5.54. The van der Waals surface area contributed by atoms with E-state index in [1.165, 1.54) is 11.4 Å². The maximum absolute atomic E-state index is 5.47. The number of H-pyrrole nitrogens is 1. The van der Waals surface area contributed by atoms with E-state index in [1.54, 1.807) is 6.26 Å². The maximum Gasteiger partial charge on any atom is 0.141 e. The molecule has 24 heavy (non-hydrogen) atoms. The lowest BCUT2D eigenvalue weighted by Gasteiger charge is -2.32. The summed E-state index contributed by atoms with van der Waals surface area (Å²) in [6, 6.07) is 6.09. The summed E-state index contributed by atoms with van der Waals surface area (Å²) >= 11 is 0. The second-order valence-electron chi connectivity index (χ2n) is 6.48. The fourth-order valence-electron chi connectivity index (χ4n) is 3.80. The van der Waals surface area contributed by atoms with Crippen LogP contribution in [0.3, 0.4) is 0 Å². The molecule has 0 unspecified atom stereocenters. The van der Waals surface area contributed by atoms with Crippen LogP contribution in [-0.4, -0.2) is 34.3 Å². The number of nitrogens with one attached hydrogen (secondary N) is 3. The highest BCUT2D eigenvalue weighted by molar-refractivity contribution is 5.87. The second-order valence-corrected chi connectivity index (χ2v) is 6.48. The van der Waals surface area contributed by atoms with Crippen molar-refractivity contribution in [2.24, 2.45) is 10.9 Å². The number of piperidine rings is 1. The molecule has 7 nitrogen and oxygen atoms in total. The summed E-state index contributed by atoms with van der Waals surface area (Å²) in [4.78, 5) is 10.1. The quantitative estimate of drug-likeness (QED) is 0.807. The van der Waals surface area contributed by atoms with Gasteiger partial charge in [-0.2, -0.15) is 0 Å². The van der Waals surface area contributed by atoms with Gasteiger partial charge in [0, 0.05) is 17.7 Å². The minimum Gasteiger partial charge on any atom is -0.468 e. The van der Waals surface area contributed by atoms with Gasteiger partial charge in [0.25, 0.3) is 0 Å². The van der Waals surface area contributed by atoms with Gasteiger partial charge in [-0.25, -0.2) is 10.0 Å². The van der Waals surface area contributed by atoms with Crippen LogP contribution in [-0.2, 0) is 6.54 Å². The Morgan fingerprint density at radius 2 is 2.17 bits per heavy atom. The van der Waals surface area contributed by atoms with Gasteiger partial charge in [-0.05, 0) is 44.1 Å². The summed E-state index contributed by atoms with van der Waals surface area (Å²) in [7, 11) is 0. The van der Waals surface area contributed by atoms with Crippen LogP contribution in [0, 0.1) is 5.92 Å². The Balaban J connectivity index is 1.33. The molecule has 0 aliphatic carbocycles. The van der Waals surface area contributed by atoms with Gasteiger partial charge in [0.2, 0.25) is 0 Å². The summed E-state index contributed by atoms with van der Waals surface area (Å²) in [5, 5.41) is 1.97. The maximum atomic E-state index is 5.47. The number of allylic oxidation sites excluding steroid dienone is 1. The summed E-state index contributed by atoms with van der Waals surface area (Å²) in [6.45, 7) is 3.06. The molecule has 0 spiro atoms. The molecule has 3 aliphatic heterocycles. The Kier molecular flexibility index (Phi) is 3.20. The van der Waals surface area contributed by atoms with Gasteiger partial charge in [-0.15, -0.1) is 5.53 Å². The van der Waals surface area contributed by atoms with Crippen molar-refractivity contribution < 1.29 is 4.42 Å². The average molecular weight is 324 g/mol. The lowest BCUT2D eigenvalue weighted by molar-refractivity contribution is 0.176. The standard InChI is InChI=1S/C17H20N6O/c1-2-13(24-9-1)10-22-7-4-12(5-8-22)15-16-14-3-6-18-17(14)19-11-23(16)21-20-15/h1-3,6,9,11-12,18,20-21H,4-5,7-8,10H2. The first-order valence-corrected chi connectivity index (χ1v) is 8.40. The minimum absolute atomic E-state index is 0.527. The van der Waals surface area contributed by atoms with Crippen LogP contribution in [0.15, 0.2) is 45.8 Å². The Bertz CT molecular complexity index is 782. The average Bonchev–Trinajstić information content (AvgIpc) is 3.35. The number of hydrazine groups is 2. The van der Waals surface area contributed by atoms with Crippen LogP contribution in [0.5, 0.6) is 0 Å². The van der Waals surface area contributed by atoms with Crippen molar-refractivity contribution in [3.05, 3.63) is 47.7 Å². The summed E-state index contributed by atoms with van der Waals surface area (Å²) in [5.41, 5.74) is 10.2. The Morgan fingerprint density at radius 1 is 1.25 bits per heavy atom. The van der Waals surface area contributed by atoms with Crippen LogP contribution in [0.2, 0.25) is 0 Å². The third-order valence-corrected chi connectivity index (χ3v) is 5.05. The molecule has 124 valence electrons. The summed E-state index contributed by atoms with van der Waals surface area (Å²) < 4.78 is 5.47. The van der Waals surface area contributed by atoms with Crippen LogP contribution < -0.4 is 11.0 Å². The van der Waals surface area contributed by atoms with Crippen LogP contribution in [0.25, 0.3) is 5.70 Å². The van der Waals surface area contributed by atoms with Gasteiger partial charge in [0.1, 0.15) is 17.9 Å². The zero-order valence-electron chi connectivity index (χ0n) is 13.3. The van der Waals surface area contributed by atoms with Gasteiger partial charge in [0.05, 0.1) is 24.2 Å². The van der Waals surface area contributed by atoms with Gasteiger partial charge in [0.15, 0.2) is 0 Å². The van der Waals surface area contributed by atoms with E-state index in [-0.39, 0.29) is 0 Å². The van der Waals surface area contributed by atoms with E-state index >= 15 is 0 Å². The minimum atomic E-state index is 0.527. The topological polar surface area (TPSA) is 71.8 Å². The van der Waals surface area contributed by atoms with Crippen molar-refractivity contribution in [3.63, 3.8) is 0 Å². The molecular weight excluding hydrogens is 304 g/mol. The zero-order chi connectivity index (χ0) is 15.9. The number of hydrogen-bond acceptors (Lipinski definition) is 6. The first-order chi connectivity index (χ1) is 11.9. The molecule has 3 N–H and O–H groups in total. The molecule has 1 saturated heterocycles. The number of likely N-dealkylation sites (tertiary alicyclic amines) is 1. The van der Waals surface area contributed by atoms with Crippen molar-refractivity contribution in [1.82, 2.24) is 25.9 Å². The SMILES string of the molecule is C1=Nc2[nH]ccc2C2=C(C3CCN(Cc4ccco4)CC3)NNN12. The molecule has 3 aliphatic rings. The van der Waals surface area contributed by atoms with Gasteiger partial charge in [-0.1, -0.05) is 0 Å². The number of aromatic nitrogens is 1. The number of fused-ring (bicyclic) bond motifs is 3. The van der Waals surface area contributed by atoms with Crippen LogP contribution in [0.1, 0.15) is 24.2 Å². The van der Waals surface area contributed by atoms with E-state index in [1.807, 2.05) is 29.7 Å². The van der Waals surface area contributed by atoms with Crippen molar-refractivity contribution >= 4 is 17.9 Å². The fraction of sp³-hybridized carbons (Fsp3) is 0.353. The number of furan rings is 1. The van der Waals surface area contributed by atoms with E-state index in [0.717, 1.165) is 49.6 Å². The molecule has 5 heterocycles. The Hall–Kier alpha value is -2.51. The van der Waals surface area contributed by atoms with Gasteiger partial charge in [-0.3, -0.25) is 4.90 Å². The highest BCUT2D eigenvalue weighted by Crippen LogP contribution is 2.38. The third-order valence-electron chi connectivity index (χ3n) is 5.05. The van der Waals surface area contributed by atoms with Gasteiger partial charge < -0.3 is 14.8 Å². The summed E-state index contributed by atoms with van der Waals surface area (Å²) in [5.74, 6) is 2.50. The molecule has 0 saturated carbocycles. The molecular formula is C17H20N6O. The lowest BCUT2D eigenvalue weighted by Crippen LogP contribution is -2.39. The van der Waals surface area contributed by atoms with E-state index in [9.17, 15) is 0 Å². The molecule has 7 heteroatoms. The largest absolute Gasteiger partial charge is 0.468 e. The number of aromatic amines is 1. The fourth-order valence-corrected chi connectivity index (χ4v) is 3.80. The third kappa shape index (κ3) is 2.24. The normalized spacial score (nSPS) is 21.1. The molecule has 0 atom stereocenters. The van der Waals surface area contributed by atoms with Crippen molar-refractivity contribution in [3.8, 4) is 0 Å². The number of rotatable bonds is 3. The first kappa shape index (κ1) is 13.9. The zero-order valence-corrected chi connectivity index (χ0v) is 13.3. The van der Waals surface area contributed by atoms with Crippen LogP contribution >= 0.6 is 0 Å². The highest BCUT2D eigenvalue weighted by atomic mass is 16.3. The molecule has 1 fully saturated rings. The predicted molar refractivity (Wildman–Crippen MR) is 90.7 cm³/mol. The van der Waals surface area contributed by atoms with Crippen molar-refractivity contribution in [1.29, 1.82) is 0 Å². The van der Waals surface area contributed by atoms with E-state index in [4.69, 9.17) is 4.42 Å². The van der Waals surface area contributed by atoms with Crippen molar-refractivity contribution in [2.45, 2.75) is 19.4 Å². The highest BCUT2D eigenvalue weighted by Gasteiger charge is 2.33. The molecule has 0 bridgehead atoms. The summed E-state index contributed by atoms with van der Waals surface area (Å²) in [6.07, 6.45) is 7.79. The smallest absolute Gasteiger partial charge is 0.141 e. The van der Waals surface area contributed by atoms with E-state index in [2.05, 4.69) is 31.9 Å². The van der Waals surface area contributed by atoms with Crippen LogP contribution in [0.4, 0.5) is 5.82 Å². The molecule has 0 amide bonds. The van der Waals surface area contributed by atoms with Gasteiger partial charge >= 0.3 is 0 Å².